The van der Waals surface area contributed by atoms with Crippen LogP contribution in [-0.4, -0.2) is 13.1 Å². The number of esters is 1. The van der Waals surface area contributed by atoms with Gasteiger partial charge in [-0.1, -0.05) is 41.9 Å². The quantitative estimate of drug-likeness (QED) is 0.325. The first-order chi connectivity index (χ1) is 14.5. The first kappa shape index (κ1) is 19.7. The Morgan fingerprint density at radius 3 is 2.53 bits per heavy atom. The molecule has 0 saturated heterocycles. The van der Waals surface area contributed by atoms with E-state index in [-0.39, 0.29) is 11.8 Å². The molecule has 0 N–H and O–H groups in total. The van der Waals surface area contributed by atoms with Gasteiger partial charge in [0.1, 0.15) is 23.3 Å². The van der Waals surface area contributed by atoms with Gasteiger partial charge in [-0.3, -0.25) is 9.59 Å². The molecule has 4 rings (SSSR count). The molecule has 30 heavy (non-hydrogen) atoms. The average molecular weight is 421 g/mol. The van der Waals surface area contributed by atoms with Crippen molar-refractivity contribution >= 4 is 28.5 Å². The van der Waals surface area contributed by atoms with E-state index in [1.54, 1.807) is 55.6 Å². The second kappa shape index (κ2) is 8.43. The summed E-state index contributed by atoms with van der Waals surface area (Å²) in [6.45, 7) is 0. The maximum atomic E-state index is 13.0. The molecular weight excluding hydrogens is 404 g/mol. The molecule has 5 nitrogen and oxygen atoms in total. The van der Waals surface area contributed by atoms with Gasteiger partial charge in [0.25, 0.3) is 0 Å². The molecule has 0 radical (unpaired) electrons. The van der Waals surface area contributed by atoms with Crippen LogP contribution in [0.4, 0.5) is 0 Å². The highest BCUT2D eigenvalue weighted by Crippen LogP contribution is 2.29. The van der Waals surface area contributed by atoms with Gasteiger partial charge in [-0.05, 0) is 35.9 Å². The highest BCUT2D eigenvalue weighted by Gasteiger charge is 2.14. The lowest BCUT2D eigenvalue weighted by molar-refractivity contribution is -0.133. The third kappa shape index (κ3) is 4.07. The van der Waals surface area contributed by atoms with Gasteiger partial charge in [0.05, 0.1) is 24.5 Å². The monoisotopic (exact) mass is 420 g/mol. The lowest BCUT2D eigenvalue weighted by Gasteiger charge is -2.09. The third-order valence-electron chi connectivity index (χ3n) is 4.64. The highest BCUT2D eigenvalue weighted by molar-refractivity contribution is 6.30. The van der Waals surface area contributed by atoms with Crippen LogP contribution in [0.25, 0.3) is 22.1 Å². The molecule has 0 spiro atoms. The maximum Gasteiger partial charge on any atom is 0.315 e. The smallest absolute Gasteiger partial charge is 0.315 e. The molecule has 0 saturated carbocycles. The number of carbonyl (C=O) groups excluding carboxylic acids is 1. The Kier molecular flexibility index (Phi) is 5.55. The lowest BCUT2D eigenvalue weighted by atomic mass is 10.0. The van der Waals surface area contributed by atoms with E-state index in [1.807, 2.05) is 12.1 Å². The largest absolute Gasteiger partial charge is 0.496 e. The standard InChI is InChI=1S/C24H17ClO5/c1-28-21-5-3-2-4-18(21)20-14-29-22-13-17(10-11-19(22)24(20)27)30-23(26)12-15-6-8-16(25)9-7-15/h2-11,13-14H,12H2,1H3. The fraction of sp³-hybridized carbons (Fsp3) is 0.0833. The number of ether oxygens (including phenoxy) is 2. The van der Waals surface area contributed by atoms with E-state index in [0.29, 0.717) is 38.6 Å². The van der Waals surface area contributed by atoms with Crippen molar-refractivity contribution in [3.05, 3.63) is 93.8 Å². The van der Waals surface area contributed by atoms with Crippen molar-refractivity contribution in [2.75, 3.05) is 7.11 Å². The van der Waals surface area contributed by atoms with Crippen LogP contribution < -0.4 is 14.9 Å². The molecule has 3 aromatic carbocycles. The van der Waals surface area contributed by atoms with Crippen molar-refractivity contribution in [1.29, 1.82) is 0 Å². The van der Waals surface area contributed by atoms with Crippen molar-refractivity contribution in [2.45, 2.75) is 6.42 Å². The van der Waals surface area contributed by atoms with Crippen molar-refractivity contribution in [3.8, 4) is 22.6 Å². The van der Waals surface area contributed by atoms with Crippen LogP contribution in [0.15, 0.2) is 82.2 Å². The summed E-state index contributed by atoms with van der Waals surface area (Å²) in [7, 11) is 1.55. The molecule has 4 aromatic rings. The number of methoxy groups -OCH3 is 1. The van der Waals surface area contributed by atoms with Crippen molar-refractivity contribution in [3.63, 3.8) is 0 Å². The molecule has 0 aliphatic rings. The van der Waals surface area contributed by atoms with Crippen LogP contribution in [0.5, 0.6) is 11.5 Å². The molecule has 0 unspecified atom stereocenters. The normalized spacial score (nSPS) is 10.7. The first-order valence-electron chi connectivity index (χ1n) is 9.19. The summed E-state index contributed by atoms with van der Waals surface area (Å²) in [5.74, 6) is 0.455. The van der Waals surface area contributed by atoms with Gasteiger partial charge in [-0.2, -0.15) is 0 Å². The predicted octanol–water partition coefficient (Wildman–Crippen LogP) is 5.27. The van der Waals surface area contributed by atoms with Gasteiger partial charge in [-0.15, -0.1) is 0 Å². The molecule has 0 aliphatic carbocycles. The number of halogens is 1. The lowest BCUT2D eigenvalue weighted by Crippen LogP contribution is -2.11. The molecule has 0 aliphatic heterocycles. The highest BCUT2D eigenvalue weighted by atomic mass is 35.5. The fourth-order valence-electron chi connectivity index (χ4n) is 3.16. The SMILES string of the molecule is COc1ccccc1-c1coc2cc(OC(=O)Cc3ccc(Cl)cc3)ccc2c1=O. The second-order valence-electron chi connectivity index (χ2n) is 6.61. The zero-order valence-electron chi connectivity index (χ0n) is 16.1. The number of benzene rings is 3. The summed E-state index contributed by atoms with van der Waals surface area (Å²) >= 11 is 5.85. The van der Waals surface area contributed by atoms with Crippen LogP contribution in [0.3, 0.4) is 0 Å². The molecule has 6 heteroatoms. The van der Waals surface area contributed by atoms with Crippen molar-refractivity contribution in [2.24, 2.45) is 0 Å². The molecule has 1 aromatic heterocycles. The van der Waals surface area contributed by atoms with Crippen LogP contribution in [0.2, 0.25) is 5.02 Å². The minimum atomic E-state index is -0.426. The Labute approximate surface area is 177 Å². The van der Waals surface area contributed by atoms with E-state index in [2.05, 4.69) is 0 Å². The fourth-order valence-corrected chi connectivity index (χ4v) is 3.29. The Balaban J connectivity index is 1.60. The van der Waals surface area contributed by atoms with E-state index < -0.39 is 5.97 Å². The average Bonchev–Trinajstić information content (AvgIpc) is 2.75. The molecule has 0 atom stereocenters. The van der Waals surface area contributed by atoms with Gasteiger partial charge in [0.15, 0.2) is 0 Å². The van der Waals surface area contributed by atoms with E-state index in [1.165, 1.54) is 12.3 Å². The first-order valence-corrected chi connectivity index (χ1v) is 9.57. The van der Waals surface area contributed by atoms with Crippen LogP contribution in [0, 0.1) is 0 Å². The van der Waals surface area contributed by atoms with Gasteiger partial charge in [0.2, 0.25) is 5.43 Å². The zero-order chi connectivity index (χ0) is 21.1. The molecule has 0 bridgehead atoms. The summed E-state index contributed by atoms with van der Waals surface area (Å²) < 4.78 is 16.4. The number of hydrogen-bond donors (Lipinski definition) is 0. The van der Waals surface area contributed by atoms with Gasteiger partial charge in [-0.25, -0.2) is 0 Å². The van der Waals surface area contributed by atoms with E-state index in [9.17, 15) is 9.59 Å². The molecule has 150 valence electrons. The second-order valence-corrected chi connectivity index (χ2v) is 7.05. The summed E-state index contributed by atoms with van der Waals surface area (Å²) in [6, 6.07) is 18.9. The van der Waals surface area contributed by atoms with E-state index in [4.69, 9.17) is 25.5 Å². The van der Waals surface area contributed by atoms with Crippen LogP contribution in [0.1, 0.15) is 5.56 Å². The molecule has 0 fully saturated rings. The number of para-hydroxylation sites is 1. The summed E-state index contributed by atoms with van der Waals surface area (Å²) in [4.78, 5) is 25.2. The Bertz CT molecular complexity index is 1280. The molecule has 1 heterocycles. The number of fused-ring (bicyclic) bond motifs is 1. The molecular formula is C24H17ClO5. The Morgan fingerprint density at radius 1 is 1.00 bits per heavy atom. The van der Waals surface area contributed by atoms with Crippen LogP contribution >= 0.6 is 11.6 Å². The third-order valence-corrected chi connectivity index (χ3v) is 4.89. The summed E-state index contributed by atoms with van der Waals surface area (Å²) in [5, 5.41) is 0.986. The van der Waals surface area contributed by atoms with Gasteiger partial charge >= 0.3 is 5.97 Å². The maximum absolute atomic E-state index is 13.0. The van der Waals surface area contributed by atoms with Crippen LogP contribution in [-0.2, 0) is 11.2 Å². The van der Waals surface area contributed by atoms with E-state index in [0.717, 1.165) is 5.56 Å². The number of carbonyl (C=O) groups is 1. The number of rotatable bonds is 5. The zero-order valence-corrected chi connectivity index (χ0v) is 16.8. The summed E-state index contributed by atoms with van der Waals surface area (Å²) in [6.07, 6.45) is 1.49. The molecule has 0 amide bonds. The minimum absolute atomic E-state index is 0.103. The number of hydrogen-bond acceptors (Lipinski definition) is 5. The van der Waals surface area contributed by atoms with Gasteiger partial charge < -0.3 is 13.9 Å². The van der Waals surface area contributed by atoms with Crippen molar-refractivity contribution in [1.82, 2.24) is 0 Å². The Morgan fingerprint density at radius 2 is 1.77 bits per heavy atom. The van der Waals surface area contributed by atoms with E-state index >= 15 is 0 Å². The van der Waals surface area contributed by atoms with Crippen molar-refractivity contribution < 1.29 is 18.7 Å². The topological polar surface area (TPSA) is 65.7 Å². The van der Waals surface area contributed by atoms with Gasteiger partial charge in [0, 0.05) is 16.7 Å². The summed E-state index contributed by atoms with van der Waals surface area (Å²) in [5.41, 5.74) is 1.97. The Hall–Kier alpha value is -3.57. The minimum Gasteiger partial charge on any atom is -0.496 e. The predicted molar refractivity (Wildman–Crippen MR) is 115 cm³/mol.